The van der Waals surface area contributed by atoms with Crippen LogP contribution in [0.3, 0.4) is 0 Å². The van der Waals surface area contributed by atoms with Gasteiger partial charge in [-0.3, -0.25) is 14.7 Å². The van der Waals surface area contributed by atoms with E-state index in [-0.39, 0.29) is 24.6 Å². The first-order valence-corrected chi connectivity index (χ1v) is 14.5. The second-order valence-corrected chi connectivity index (χ2v) is 11.4. The average molecular weight is 612 g/mol. The largest absolute Gasteiger partial charge is 0.497 e. The molecule has 3 amide bonds. The fourth-order valence-electron chi connectivity index (χ4n) is 5.10. The van der Waals surface area contributed by atoms with E-state index in [2.05, 4.69) is 5.32 Å². The predicted molar refractivity (Wildman–Crippen MR) is 167 cm³/mol. The number of carbonyl (C=O) groups excluding carboxylic acids is 2. The van der Waals surface area contributed by atoms with Gasteiger partial charge in [0, 0.05) is 42.7 Å². The molecule has 42 heavy (non-hydrogen) atoms. The minimum absolute atomic E-state index is 0.0675. The second-order valence-electron chi connectivity index (χ2n) is 10.5. The summed E-state index contributed by atoms with van der Waals surface area (Å²) in [5.74, 6) is 1.29. The van der Waals surface area contributed by atoms with Crippen LogP contribution in [0.5, 0.6) is 11.5 Å². The van der Waals surface area contributed by atoms with Crippen molar-refractivity contribution in [2.45, 2.75) is 38.8 Å². The van der Waals surface area contributed by atoms with Crippen molar-refractivity contribution in [2.24, 2.45) is 4.99 Å². The van der Waals surface area contributed by atoms with E-state index < -0.39 is 5.54 Å². The zero-order valence-corrected chi connectivity index (χ0v) is 26.0. The molecule has 222 valence electrons. The number of methoxy groups -OCH3 is 1. The Morgan fingerprint density at radius 2 is 1.71 bits per heavy atom. The number of piperazine rings is 1. The van der Waals surface area contributed by atoms with Crippen molar-refractivity contribution in [3.05, 3.63) is 93.5 Å². The summed E-state index contributed by atoms with van der Waals surface area (Å²) in [7, 11) is 3.23. The summed E-state index contributed by atoms with van der Waals surface area (Å²) in [6, 6.07) is 20.0. The number of nitrogens with one attached hydrogen (secondary N) is 1. The number of rotatable bonds is 8. The van der Waals surface area contributed by atoms with Crippen LogP contribution >= 0.6 is 23.2 Å². The molecule has 1 heterocycles. The van der Waals surface area contributed by atoms with Gasteiger partial charge in [-0.2, -0.15) is 0 Å². The van der Waals surface area contributed by atoms with Gasteiger partial charge in [-0.1, -0.05) is 47.5 Å². The fraction of sp³-hybridized carbons (Fsp3) is 0.344. The normalized spacial score (nSPS) is 15.2. The molecular weight excluding hydrogens is 575 g/mol. The third kappa shape index (κ3) is 6.99. The number of nitrogens with zero attached hydrogens (tertiary/aromatic N) is 3. The molecule has 0 aromatic heterocycles. The molecule has 0 bridgehead atoms. The number of hydrogen-bond acceptors (Lipinski definition) is 5. The number of halogens is 2. The van der Waals surface area contributed by atoms with Crippen LogP contribution < -0.4 is 14.8 Å². The lowest BCUT2D eigenvalue weighted by atomic mass is 9.83. The van der Waals surface area contributed by atoms with E-state index in [1.807, 2.05) is 69.3 Å². The summed E-state index contributed by atoms with van der Waals surface area (Å²) in [5.41, 5.74) is 1.40. The lowest BCUT2D eigenvalue weighted by molar-refractivity contribution is -0.123. The molecule has 4 rings (SSSR count). The molecule has 1 aliphatic rings. The topological polar surface area (TPSA) is 83.5 Å². The molecule has 1 N–H and O–H groups in total. The number of amidine groups is 1. The van der Waals surface area contributed by atoms with E-state index in [9.17, 15) is 9.59 Å². The Balaban J connectivity index is 1.96. The summed E-state index contributed by atoms with van der Waals surface area (Å²) in [4.78, 5) is 35.0. The van der Waals surface area contributed by atoms with Crippen molar-refractivity contribution in [2.75, 3.05) is 33.8 Å². The van der Waals surface area contributed by atoms with Crippen molar-refractivity contribution in [3.63, 3.8) is 0 Å². The molecule has 1 atom stereocenters. The maximum Gasteiger partial charge on any atom is 0.327 e. The van der Waals surface area contributed by atoms with Crippen LogP contribution in [0.15, 0.2) is 71.7 Å². The van der Waals surface area contributed by atoms with Crippen molar-refractivity contribution in [1.29, 1.82) is 0 Å². The molecule has 3 aromatic rings. The van der Waals surface area contributed by atoms with Crippen molar-refractivity contribution < 1.29 is 19.1 Å². The first kappa shape index (κ1) is 31.2. The Morgan fingerprint density at radius 1 is 1.07 bits per heavy atom. The van der Waals surface area contributed by atoms with Crippen molar-refractivity contribution in [1.82, 2.24) is 15.1 Å². The highest BCUT2D eigenvalue weighted by Gasteiger charge is 2.44. The summed E-state index contributed by atoms with van der Waals surface area (Å²) in [6.07, 6.45) is 0.258. The van der Waals surface area contributed by atoms with Crippen molar-refractivity contribution >= 4 is 41.0 Å². The molecule has 0 radical (unpaired) electrons. The van der Waals surface area contributed by atoms with Gasteiger partial charge in [0.15, 0.2) is 0 Å². The number of aliphatic imine (C=N–C) groups is 1. The third-order valence-corrected chi connectivity index (χ3v) is 7.64. The summed E-state index contributed by atoms with van der Waals surface area (Å²) >= 11 is 12.5. The van der Waals surface area contributed by atoms with E-state index in [1.165, 1.54) is 0 Å². The molecule has 0 aliphatic carbocycles. The number of carbonyl (C=O) groups is 2. The predicted octanol–water partition coefficient (Wildman–Crippen LogP) is 6.18. The minimum Gasteiger partial charge on any atom is -0.497 e. The van der Waals surface area contributed by atoms with E-state index in [1.54, 1.807) is 42.2 Å². The lowest BCUT2D eigenvalue weighted by Crippen LogP contribution is -2.60. The highest BCUT2D eigenvalue weighted by molar-refractivity contribution is 6.30. The SMILES string of the molecule is C/N=C(/c1ccc(OC)cc1OC(C)C)N(C(=O)N1CCNC(=O)C1)[C@@](C)(Cc1ccc(Cl)cc1)c1ccc(Cl)cc1. The van der Waals surface area contributed by atoms with Gasteiger partial charge in [0.25, 0.3) is 0 Å². The molecule has 1 aliphatic heterocycles. The van der Waals surface area contributed by atoms with Crippen LogP contribution in [0.4, 0.5) is 4.79 Å². The van der Waals surface area contributed by atoms with E-state index in [0.717, 1.165) is 11.1 Å². The van der Waals surface area contributed by atoms with Gasteiger partial charge in [0.2, 0.25) is 5.91 Å². The fourth-order valence-corrected chi connectivity index (χ4v) is 5.36. The second kappa shape index (κ2) is 13.5. The van der Waals surface area contributed by atoms with Crippen LogP contribution in [0.25, 0.3) is 0 Å². The van der Waals surface area contributed by atoms with Crippen molar-refractivity contribution in [3.8, 4) is 11.5 Å². The van der Waals surface area contributed by atoms with E-state index in [0.29, 0.717) is 52.5 Å². The maximum atomic E-state index is 14.7. The van der Waals surface area contributed by atoms with E-state index >= 15 is 0 Å². The van der Waals surface area contributed by atoms with Gasteiger partial charge < -0.3 is 19.7 Å². The third-order valence-electron chi connectivity index (χ3n) is 7.14. The van der Waals surface area contributed by atoms with Crippen LogP contribution in [0.1, 0.15) is 37.5 Å². The molecule has 0 spiro atoms. The molecule has 0 saturated carbocycles. The smallest absolute Gasteiger partial charge is 0.327 e. The highest BCUT2D eigenvalue weighted by Crippen LogP contribution is 2.38. The van der Waals surface area contributed by atoms with Crippen LogP contribution in [-0.4, -0.2) is 67.5 Å². The lowest BCUT2D eigenvalue weighted by Gasteiger charge is -2.45. The number of benzene rings is 3. The van der Waals surface area contributed by atoms with Gasteiger partial charge >= 0.3 is 6.03 Å². The van der Waals surface area contributed by atoms with Crippen LogP contribution in [-0.2, 0) is 16.8 Å². The van der Waals surface area contributed by atoms with E-state index in [4.69, 9.17) is 37.7 Å². The summed E-state index contributed by atoms with van der Waals surface area (Å²) in [5, 5.41) is 3.99. The van der Waals surface area contributed by atoms with Gasteiger partial charge in [0.05, 0.1) is 24.3 Å². The van der Waals surface area contributed by atoms with Gasteiger partial charge in [0.1, 0.15) is 23.9 Å². The van der Waals surface area contributed by atoms with Gasteiger partial charge in [-0.25, -0.2) is 4.79 Å². The first-order valence-electron chi connectivity index (χ1n) is 13.7. The molecule has 0 unspecified atom stereocenters. The minimum atomic E-state index is -0.993. The Hall–Kier alpha value is -3.75. The van der Waals surface area contributed by atoms with Crippen LogP contribution in [0.2, 0.25) is 10.0 Å². The Morgan fingerprint density at radius 3 is 2.29 bits per heavy atom. The molecule has 8 nitrogen and oxygen atoms in total. The maximum absolute atomic E-state index is 14.7. The number of amides is 3. The van der Waals surface area contributed by atoms with Gasteiger partial charge in [-0.15, -0.1) is 0 Å². The Kier molecular flexibility index (Phi) is 10.0. The molecule has 3 aromatic carbocycles. The number of urea groups is 1. The monoisotopic (exact) mass is 610 g/mol. The average Bonchev–Trinajstić information content (AvgIpc) is 2.97. The summed E-state index contributed by atoms with van der Waals surface area (Å²) in [6.45, 7) is 6.50. The zero-order chi connectivity index (χ0) is 30.4. The summed E-state index contributed by atoms with van der Waals surface area (Å²) < 4.78 is 11.7. The van der Waals surface area contributed by atoms with Gasteiger partial charge in [-0.05, 0) is 68.3 Å². The molecule has 1 saturated heterocycles. The molecule has 1 fully saturated rings. The highest BCUT2D eigenvalue weighted by atomic mass is 35.5. The molecular formula is C32H36Cl2N4O4. The Bertz CT molecular complexity index is 1440. The first-order chi connectivity index (χ1) is 20.0. The van der Waals surface area contributed by atoms with Crippen LogP contribution in [0, 0.1) is 0 Å². The number of ether oxygens (including phenoxy) is 2. The number of hydrogen-bond donors (Lipinski definition) is 1. The Labute approximate surface area is 257 Å². The quantitative estimate of drug-likeness (QED) is 0.244. The zero-order valence-electron chi connectivity index (χ0n) is 24.5. The molecule has 10 heteroatoms. The standard InChI is InChI=1S/C32H36Cl2N4O4/c1-21(2)42-28-18-26(41-5)14-15-27(28)30(35-4)38(31(40)37-17-16-36-29(39)20-37)32(3,23-8-12-25(34)13-9-23)19-22-6-10-24(33)11-7-22/h6-15,18,21H,16-17,19-20H2,1-5H3,(H,36,39)/b35-30-/t32-/m0/s1.